The van der Waals surface area contributed by atoms with Crippen molar-refractivity contribution in [3.63, 3.8) is 0 Å². The van der Waals surface area contributed by atoms with Gasteiger partial charge in [0, 0.05) is 0 Å². The lowest BCUT2D eigenvalue weighted by molar-refractivity contribution is -0.122. The minimum absolute atomic E-state index is 0.0462. The van der Waals surface area contributed by atoms with Crippen molar-refractivity contribution in [2.24, 2.45) is 0 Å². The number of para-hydroxylation sites is 2. The summed E-state index contributed by atoms with van der Waals surface area (Å²) in [4.78, 5) is 13.2. The van der Waals surface area contributed by atoms with Crippen molar-refractivity contribution in [3.05, 3.63) is 96.1 Å². The van der Waals surface area contributed by atoms with E-state index in [9.17, 15) is 4.79 Å². The van der Waals surface area contributed by atoms with E-state index in [1.165, 1.54) is 5.56 Å². The van der Waals surface area contributed by atoms with Gasteiger partial charge in [-0.05, 0) is 54.7 Å². The molecule has 3 aromatic rings. The van der Waals surface area contributed by atoms with Crippen LogP contribution in [0.15, 0.2) is 84.9 Å². The predicted octanol–water partition coefficient (Wildman–Crippen LogP) is 4.98. The lowest BCUT2D eigenvalue weighted by Crippen LogP contribution is -2.42. The van der Waals surface area contributed by atoms with E-state index < -0.39 is 0 Å². The fraction of sp³-hybridized carbons (Fsp3) is 0.174. The number of aryl methyl sites for hydroxylation is 1. The molecule has 0 fully saturated rings. The van der Waals surface area contributed by atoms with Gasteiger partial charge in [-0.25, -0.2) is 0 Å². The van der Waals surface area contributed by atoms with Crippen molar-refractivity contribution in [2.45, 2.75) is 25.2 Å². The molecule has 1 unspecified atom stereocenters. The SMILES string of the molecule is O=C(NN(c1ccccc1)c1ccccc1)C1CCCc2ccccc21. The number of hydrogen-bond acceptors (Lipinski definition) is 2. The Morgan fingerprint density at radius 1 is 0.808 bits per heavy atom. The van der Waals surface area contributed by atoms with Gasteiger partial charge < -0.3 is 0 Å². The molecule has 1 aliphatic carbocycles. The summed E-state index contributed by atoms with van der Waals surface area (Å²) < 4.78 is 0. The van der Waals surface area contributed by atoms with Crippen LogP contribution in [0.3, 0.4) is 0 Å². The first-order chi connectivity index (χ1) is 12.8. The summed E-state index contributed by atoms with van der Waals surface area (Å²) in [5, 5.41) is 1.87. The number of anilines is 2. The van der Waals surface area contributed by atoms with Crippen LogP contribution in [0.25, 0.3) is 0 Å². The third-order valence-electron chi connectivity index (χ3n) is 4.94. The van der Waals surface area contributed by atoms with Crippen molar-refractivity contribution in [1.82, 2.24) is 5.43 Å². The number of carbonyl (C=O) groups is 1. The number of nitrogens with zero attached hydrogens (tertiary/aromatic N) is 1. The second-order valence-corrected chi connectivity index (χ2v) is 6.63. The minimum atomic E-state index is -0.102. The summed E-state index contributed by atoms with van der Waals surface area (Å²) in [6.07, 6.45) is 2.99. The van der Waals surface area contributed by atoms with Gasteiger partial charge in [0.05, 0.1) is 17.3 Å². The molecule has 3 nitrogen and oxygen atoms in total. The lowest BCUT2D eigenvalue weighted by Gasteiger charge is -2.30. The molecule has 3 aromatic carbocycles. The Labute approximate surface area is 154 Å². The molecule has 0 radical (unpaired) electrons. The topological polar surface area (TPSA) is 32.3 Å². The van der Waals surface area contributed by atoms with E-state index in [4.69, 9.17) is 0 Å². The smallest absolute Gasteiger partial charge is 0.246 e. The molecule has 130 valence electrons. The fourth-order valence-electron chi connectivity index (χ4n) is 3.65. The fourth-order valence-corrected chi connectivity index (χ4v) is 3.65. The van der Waals surface area contributed by atoms with E-state index >= 15 is 0 Å². The van der Waals surface area contributed by atoms with Gasteiger partial charge in [-0.3, -0.25) is 15.2 Å². The third kappa shape index (κ3) is 3.33. The highest BCUT2D eigenvalue weighted by atomic mass is 16.2. The number of fused-ring (bicyclic) bond motifs is 1. The van der Waals surface area contributed by atoms with Gasteiger partial charge in [0.15, 0.2) is 0 Å². The van der Waals surface area contributed by atoms with E-state index in [1.807, 2.05) is 71.7 Å². The Morgan fingerprint density at radius 3 is 2.04 bits per heavy atom. The van der Waals surface area contributed by atoms with Crippen LogP contribution in [-0.2, 0) is 11.2 Å². The van der Waals surface area contributed by atoms with Gasteiger partial charge in [0.25, 0.3) is 0 Å². The second kappa shape index (κ2) is 7.44. The zero-order valence-corrected chi connectivity index (χ0v) is 14.6. The van der Waals surface area contributed by atoms with E-state index in [-0.39, 0.29) is 11.8 Å². The molecular formula is C23H22N2O. The average Bonchev–Trinajstić information content (AvgIpc) is 2.72. The molecule has 26 heavy (non-hydrogen) atoms. The molecule has 0 saturated heterocycles. The molecule has 0 aromatic heterocycles. The molecular weight excluding hydrogens is 320 g/mol. The van der Waals surface area contributed by atoms with Crippen molar-refractivity contribution >= 4 is 17.3 Å². The van der Waals surface area contributed by atoms with Gasteiger partial charge in [-0.1, -0.05) is 60.7 Å². The first-order valence-electron chi connectivity index (χ1n) is 9.11. The van der Waals surface area contributed by atoms with Crippen molar-refractivity contribution < 1.29 is 4.79 Å². The van der Waals surface area contributed by atoms with E-state index in [1.54, 1.807) is 0 Å². The van der Waals surface area contributed by atoms with Gasteiger partial charge in [0.1, 0.15) is 0 Å². The maximum atomic E-state index is 13.2. The number of hydrazine groups is 1. The molecule has 0 spiro atoms. The third-order valence-corrected chi connectivity index (χ3v) is 4.94. The number of amides is 1. The van der Waals surface area contributed by atoms with Crippen molar-refractivity contribution in [1.29, 1.82) is 0 Å². The van der Waals surface area contributed by atoms with Crippen LogP contribution in [0.5, 0.6) is 0 Å². The number of rotatable bonds is 4. The number of benzene rings is 3. The normalized spacial score (nSPS) is 15.8. The molecule has 3 heteroatoms. The monoisotopic (exact) mass is 342 g/mol. The average molecular weight is 342 g/mol. The Hall–Kier alpha value is -3.07. The Kier molecular flexibility index (Phi) is 4.69. The summed E-state index contributed by atoms with van der Waals surface area (Å²) in [6, 6.07) is 28.2. The zero-order valence-electron chi connectivity index (χ0n) is 14.6. The van der Waals surface area contributed by atoms with E-state index in [0.717, 1.165) is 36.2 Å². The number of nitrogens with one attached hydrogen (secondary N) is 1. The molecule has 1 N–H and O–H groups in total. The summed E-state index contributed by atoms with van der Waals surface area (Å²) in [7, 11) is 0. The zero-order chi connectivity index (χ0) is 17.8. The lowest BCUT2D eigenvalue weighted by atomic mass is 9.82. The molecule has 0 bridgehead atoms. The van der Waals surface area contributed by atoms with Crippen LogP contribution in [0, 0.1) is 0 Å². The molecule has 1 amide bonds. The van der Waals surface area contributed by atoms with Crippen LogP contribution in [-0.4, -0.2) is 5.91 Å². The molecule has 0 heterocycles. The van der Waals surface area contributed by atoms with Crippen LogP contribution in [0.4, 0.5) is 11.4 Å². The van der Waals surface area contributed by atoms with Crippen molar-refractivity contribution in [3.8, 4) is 0 Å². The number of carbonyl (C=O) groups excluding carboxylic acids is 1. The number of hydrogen-bond donors (Lipinski definition) is 1. The Balaban J connectivity index is 1.64. The minimum Gasteiger partial charge on any atom is -0.273 e. The van der Waals surface area contributed by atoms with Gasteiger partial charge in [-0.15, -0.1) is 0 Å². The van der Waals surface area contributed by atoms with Crippen LogP contribution < -0.4 is 10.4 Å². The largest absolute Gasteiger partial charge is 0.273 e. The first-order valence-corrected chi connectivity index (χ1v) is 9.11. The van der Waals surface area contributed by atoms with Gasteiger partial charge in [-0.2, -0.15) is 0 Å². The molecule has 1 aliphatic rings. The molecule has 0 saturated carbocycles. The highest BCUT2D eigenvalue weighted by molar-refractivity contribution is 5.87. The Bertz CT molecular complexity index is 837. The van der Waals surface area contributed by atoms with Gasteiger partial charge in [0.2, 0.25) is 5.91 Å². The summed E-state index contributed by atoms with van der Waals surface area (Å²) >= 11 is 0. The quantitative estimate of drug-likeness (QED) is 0.679. The van der Waals surface area contributed by atoms with E-state index in [0.29, 0.717) is 0 Å². The maximum Gasteiger partial charge on any atom is 0.246 e. The summed E-state index contributed by atoms with van der Waals surface area (Å²) in [5.74, 6) is -0.0558. The first kappa shape index (κ1) is 16.4. The van der Waals surface area contributed by atoms with Gasteiger partial charge >= 0.3 is 0 Å². The summed E-state index contributed by atoms with van der Waals surface area (Å²) in [6.45, 7) is 0. The van der Waals surface area contributed by atoms with Crippen LogP contribution in [0.2, 0.25) is 0 Å². The van der Waals surface area contributed by atoms with Crippen LogP contribution >= 0.6 is 0 Å². The van der Waals surface area contributed by atoms with Crippen LogP contribution in [0.1, 0.15) is 29.9 Å². The van der Waals surface area contributed by atoms with Crippen molar-refractivity contribution in [2.75, 3.05) is 5.01 Å². The molecule has 4 rings (SSSR count). The second-order valence-electron chi connectivity index (χ2n) is 6.63. The highest BCUT2D eigenvalue weighted by Gasteiger charge is 2.27. The summed E-state index contributed by atoms with van der Waals surface area (Å²) in [5.41, 5.74) is 7.50. The maximum absolute atomic E-state index is 13.2. The Morgan fingerprint density at radius 2 is 1.38 bits per heavy atom. The molecule has 0 aliphatic heterocycles. The highest BCUT2D eigenvalue weighted by Crippen LogP contribution is 2.32. The predicted molar refractivity (Wildman–Crippen MR) is 105 cm³/mol. The molecule has 1 atom stereocenters. The standard InChI is InChI=1S/C23H22N2O/c26-23(22-17-9-11-18-10-7-8-16-21(18)22)24-25(19-12-3-1-4-13-19)20-14-5-2-6-15-20/h1-8,10,12-16,22H,9,11,17H2,(H,24,26). The van der Waals surface area contributed by atoms with E-state index in [2.05, 4.69) is 23.6 Å².